The number of pyridine rings is 1. The van der Waals surface area contributed by atoms with E-state index in [1.807, 2.05) is 44.2 Å². The highest BCUT2D eigenvalue weighted by Gasteiger charge is 2.10. The SMILES string of the molecule is Cc1nc(OCC[C@@H](C)O)ccc1-c1cccc(C=O)c1C. The Bertz CT molecular complexity index is 665. The van der Waals surface area contributed by atoms with Gasteiger partial charge in [0.1, 0.15) is 6.29 Å². The fraction of sp³-hybridized carbons (Fsp3) is 0.333. The van der Waals surface area contributed by atoms with Crippen molar-refractivity contribution in [3.8, 4) is 17.0 Å². The van der Waals surface area contributed by atoms with Gasteiger partial charge >= 0.3 is 0 Å². The third-order valence-corrected chi connectivity index (χ3v) is 3.64. The second kappa shape index (κ2) is 7.18. The van der Waals surface area contributed by atoms with Crippen LogP contribution in [0.5, 0.6) is 5.88 Å². The van der Waals surface area contributed by atoms with Gasteiger partial charge < -0.3 is 9.84 Å². The second-order valence-electron chi connectivity index (χ2n) is 5.41. The molecule has 116 valence electrons. The van der Waals surface area contributed by atoms with Crippen molar-refractivity contribution in [1.82, 2.24) is 4.98 Å². The molecule has 1 atom stereocenters. The maximum atomic E-state index is 11.1. The molecule has 1 heterocycles. The Kier molecular flexibility index (Phi) is 5.28. The number of aliphatic hydroxyl groups excluding tert-OH is 1. The van der Waals surface area contributed by atoms with Gasteiger partial charge in [0.2, 0.25) is 5.88 Å². The van der Waals surface area contributed by atoms with E-state index in [-0.39, 0.29) is 6.10 Å². The number of benzene rings is 1. The molecule has 0 radical (unpaired) electrons. The van der Waals surface area contributed by atoms with Crippen molar-refractivity contribution in [2.75, 3.05) is 6.61 Å². The molecule has 0 saturated heterocycles. The van der Waals surface area contributed by atoms with Crippen molar-refractivity contribution in [2.24, 2.45) is 0 Å². The minimum atomic E-state index is -0.380. The number of hydrogen-bond donors (Lipinski definition) is 1. The Hall–Kier alpha value is -2.20. The van der Waals surface area contributed by atoms with E-state index in [4.69, 9.17) is 4.74 Å². The Morgan fingerprint density at radius 3 is 2.64 bits per heavy atom. The molecule has 0 spiro atoms. The molecule has 2 aromatic rings. The predicted molar refractivity (Wildman–Crippen MR) is 86.3 cm³/mol. The molecule has 0 aliphatic carbocycles. The fourth-order valence-corrected chi connectivity index (χ4v) is 2.31. The van der Waals surface area contributed by atoms with Gasteiger partial charge in [0.05, 0.1) is 12.7 Å². The third kappa shape index (κ3) is 3.71. The zero-order chi connectivity index (χ0) is 16.1. The van der Waals surface area contributed by atoms with Gasteiger partial charge in [-0.2, -0.15) is 0 Å². The van der Waals surface area contributed by atoms with Crippen LogP contribution in [0, 0.1) is 13.8 Å². The van der Waals surface area contributed by atoms with Crippen LogP contribution in [0.3, 0.4) is 0 Å². The van der Waals surface area contributed by atoms with Crippen molar-refractivity contribution in [3.63, 3.8) is 0 Å². The Morgan fingerprint density at radius 2 is 2.00 bits per heavy atom. The Labute approximate surface area is 130 Å². The number of carbonyl (C=O) groups is 1. The summed E-state index contributed by atoms with van der Waals surface area (Å²) in [6.45, 7) is 6.02. The number of aldehydes is 1. The lowest BCUT2D eigenvalue weighted by Gasteiger charge is -2.12. The Balaban J connectivity index is 2.25. The number of aliphatic hydroxyl groups is 1. The van der Waals surface area contributed by atoms with Gasteiger partial charge in [0.15, 0.2) is 0 Å². The van der Waals surface area contributed by atoms with Crippen molar-refractivity contribution in [1.29, 1.82) is 0 Å². The third-order valence-electron chi connectivity index (χ3n) is 3.64. The number of aryl methyl sites for hydroxylation is 1. The average molecular weight is 299 g/mol. The number of aromatic nitrogens is 1. The van der Waals surface area contributed by atoms with Crippen LogP contribution >= 0.6 is 0 Å². The molecule has 0 fully saturated rings. The van der Waals surface area contributed by atoms with Crippen molar-refractivity contribution >= 4 is 6.29 Å². The van der Waals surface area contributed by atoms with Gasteiger partial charge in [0, 0.05) is 29.3 Å². The van der Waals surface area contributed by atoms with E-state index in [0.29, 0.717) is 24.5 Å². The number of ether oxygens (including phenoxy) is 1. The summed E-state index contributed by atoms with van der Waals surface area (Å²) in [6, 6.07) is 9.44. The quantitative estimate of drug-likeness (QED) is 0.831. The number of rotatable bonds is 6. The van der Waals surface area contributed by atoms with Crippen molar-refractivity contribution in [2.45, 2.75) is 33.3 Å². The molecule has 0 aliphatic heterocycles. The molecule has 1 aromatic carbocycles. The zero-order valence-corrected chi connectivity index (χ0v) is 13.2. The molecule has 4 heteroatoms. The maximum absolute atomic E-state index is 11.1. The van der Waals surface area contributed by atoms with Gasteiger partial charge in [-0.1, -0.05) is 18.2 Å². The topological polar surface area (TPSA) is 59.4 Å². The van der Waals surface area contributed by atoms with Crippen LogP contribution in [0.1, 0.15) is 35.0 Å². The molecule has 1 aromatic heterocycles. The molecule has 22 heavy (non-hydrogen) atoms. The molecule has 0 unspecified atom stereocenters. The summed E-state index contributed by atoms with van der Waals surface area (Å²) in [5.74, 6) is 0.547. The molecule has 1 N–H and O–H groups in total. The highest BCUT2D eigenvalue weighted by atomic mass is 16.5. The van der Waals surface area contributed by atoms with Crippen LogP contribution in [-0.4, -0.2) is 29.1 Å². The van der Waals surface area contributed by atoms with Crippen LogP contribution in [-0.2, 0) is 0 Å². The zero-order valence-electron chi connectivity index (χ0n) is 13.2. The molecule has 0 aliphatic rings. The van der Waals surface area contributed by atoms with Crippen molar-refractivity contribution in [3.05, 3.63) is 47.2 Å². The maximum Gasteiger partial charge on any atom is 0.213 e. The van der Waals surface area contributed by atoms with Gasteiger partial charge in [-0.25, -0.2) is 4.98 Å². The Morgan fingerprint density at radius 1 is 1.23 bits per heavy atom. The predicted octanol–water partition coefficient (Wildman–Crippen LogP) is 3.33. The van der Waals surface area contributed by atoms with Gasteiger partial charge in [-0.3, -0.25) is 4.79 Å². The average Bonchev–Trinajstić information content (AvgIpc) is 2.48. The lowest BCUT2D eigenvalue weighted by molar-refractivity contribution is 0.112. The fourth-order valence-electron chi connectivity index (χ4n) is 2.31. The van der Waals surface area contributed by atoms with Gasteiger partial charge in [-0.15, -0.1) is 0 Å². The summed E-state index contributed by atoms with van der Waals surface area (Å²) in [6.07, 6.45) is 1.06. The van der Waals surface area contributed by atoms with Crippen LogP contribution < -0.4 is 4.74 Å². The van der Waals surface area contributed by atoms with Crippen LogP contribution in [0.4, 0.5) is 0 Å². The highest BCUT2D eigenvalue weighted by Crippen LogP contribution is 2.28. The first-order valence-electron chi connectivity index (χ1n) is 7.36. The van der Waals surface area contributed by atoms with E-state index in [1.165, 1.54) is 0 Å². The first-order valence-corrected chi connectivity index (χ1v) is 7.36. The molecule has 0 saturated carbocycles. The summed E-state index contributed by atoms with van der Waals surface area (Å²) in [5.41, 5.74) is 4.48. The van der Waals surface area contributed by atoms with Crippen LogP contribution in [0.25, 0.3) is 11.1 Å². The van der Waals surface area contributed by atoms with Crippen LogP contribution in [0.15, 0.2) is 30.3 Å². The van der Waals surface area contributed by atoms with Gasteiger partial charge in [-0.05, 0) is 38.0 Å². The second-order valence-corrected chi connectivity index (χ2v) is 5.41. The number of carbonyl (C=O) groups excluding carboxylic acids is 1. The standard InChI is InChI=1S/C18H21NO3/c1-12(21)9-10-22-18-8-7-17(14(3)19-18)16-6-4-5-15(11-20)13(16)2/h4-8,11-12,21H,9-10H2,1-3H3/t12-/m1/s1. The highest BCUT2D eigenvalue weighted by molar-refractivity contribution is 5.83. The van der Waals surface area contributed by atoms with E-state index in [0.717, 1.165) is 28.7 Å². The van der Waals surface area contributed by atoms with Gasteiger partial charge in [0.25, 0.3) is 0 Å². The number of hydrogen-bond acceptors (Lipinski definition) is 4. The summed E-state index contributed by atoms with van der Waals surface area (Å²) in [7, 11) is 0. The summed E-state index contributed by atoms with van der Waals surface area (Å²) >= 11 is 0. The number of nitrogens with zero attached hydrogens (tertiary/aromatic N) is 1. The molecule has 0 amide bonds. The smallest absolute Gasteiger partial charge is 0.213 e. The first kappa shape index (κ1) is 16.2. The minimum Gasteiger partial charge on any atom is -0.478 e. The molecule has 0 bridgehead atoms. The lowest BCUT2D eigenvalue weighted by Crippen LogP contribution is -2.08. The first-order chi connectivity index (χ1) is 10.5. The molecule has 2 rings (SSSR count). The van der Waals surface area contributed by atoms with Crippen molar-refractivity contribution < 1.29 is 14.6 Å². The summed E-state index contributed by atoms with van der Waals surface area (Å²) in [5, 5.41) is 9.23. The van der Waals surface area contributed by atoms with Crippen LogP contribution in [0.2, 0.25) is 0 Å². The van der Waals surface area contributed by atoms with E-state index in [2.05, 4.69) is 4.98 Å². The summed E-state index contributed by atoms with van der Waals surface area (Å²) in [4.78, 5) is 15.5. The minimum absolute atomic E-state index is 0.380. The van der Waals surface area contributed by atoms with E-state index >= 15 is 0 Å². The molecule has 4 nitrogen and oxygen atoms in total. The summed E-state index contributed by atoms with van der Waals surface area (Å²) < 4.78 is 5.54. The van der Waals surface area contributed by atoms with E-state index in [9.17, 15) is 9.90 Å². The molecular formula is C18H21NO3. The monoisotopic (exact) mass is 299 g/mol. The van der Waals surface area contributed by atoms with E-state index < -0.39 is 0 Å². The normalized spacial score (nSPS) is 12.0. The molecular weight excluding hydrogens is 278 g/mol. The largest absolute Gasteiger partial charge is 0.478 e. The lowest BCUT2D eigenvalue weighted by atomic mass is 9.96. The van der Waals surface area contributed by atoms with E-state index in [1.54, 1.807) is 6.92 Å².